The fraction of sp³-hybridized carbons (Fsp3) is 0.222. The van der Waals surface area contributed by atoms with Crippen molar-refractivity contribution in [2.75, 3.05) is 6.73 Å². The number of carbonyl (C=O) groups excluding carboxylic acids is 1. The molecule has 0 aromatic heterocycles. The van der Waals surface area contributed by atoms with Gasteiger partial charge in [-0.3, -0.25) is 4.79 Å². The molecule has 1 aliphatic rings. The molecule has 0 spiro atoms. The molecule has 1 aromatic carbocycles. The Morgan fingerprint density at radius 3 is 3.00 bits per heavy atom. The molecule has 1 N–H and O–H groups in total. The van der Waals surface area contributed by atoms with Crippen molar-refractivity contribution in [2.24, 2.45) is 0 Å². The summed E-state index contributed by atoms with van der Waals surface area (Å²) in [6, 6.07) is 2.86. The van der Waals surface area contributed by atoms with Gasteiger partial charge in [-0.1, -0.05) is 6.07 Å². The van der Waals surface area contributed by atoms with Crippen LogP contribution in [0.2, 0.25) is 0 Å². The lowest BCUT2D eigenvalue weighted by molar-refractivity contribution is 0.0876. The van der Waals surface area contributed by atoms with E-state index in [9.17, 15) is 9.18 Å². The lowest BCUT2D eigenvalue weighted by Gasteiger charge is -2.19. The van der Waals surface area contributed by atoms with Gasteiger partial charge in [0, 0.05) is 0 Å². The van der Waals surface area contributed by atoms with Gasteiger partial charge >= 0.3 is 0 Å². The highest BCUT2D eigenvalue weighted by molar-refractivity contribution is 5.98. The van der Waals surface area contributed by atoms with Crippen LogP contribution in [0.15, 0.2) is 12.1 Å². The quantitative estimate of drug-likeness (QED) is 0.653. The topological polar surface area (TPSA) is 38.3 Å². The van der Waals surface area contributed by atoms with E-state index in [0.29, 0.717) is 5.75 Å². The molecular formula is C9H8FNO2. The summed E-state index contributed by atoms with van der Waals surface area (Å²) < 4.78 is 18.3. The SMILES string of the molecule is Cc1ccc(F)c2c1OCNC2=O. The van der Waals surface area contributed by atoms with Gasteiger partial charge in [-0.25, -0.2) is 4.39 Å². The Hall–Kier alpha value is -1.58. The Morgan fingerprint density at radius 2 is 2.31 bits per heavy atom. The van der Waals surface area contributed by atoms with E-state index in [1.807, 2.05) is 0 Å². The maximum atomic E-state index is 13.2. The van der Waals surface area contributed by atoms with Crippen LogP contribution in [0.25, 0.3) is 0 Å². The molecule has 1 aromatic rings. The molecule has 0 bridgehead atoms. The first-order valence-electron chi connectivity index (χ1n) is 3.90. The lowest BCUT2D eigenvalue weighted by Crippen LogP contribution is -2.34. The van der Waals surface area contributed by atoms with Crippen LogP contribution in [0.4, 0.5) is 4.39 Å². The summed E-state index contributed by atoms with van der Waals surface area (Å²) in [5.41, 5.74) is 0.775. The smallest absolute Gasteiger partial charge is 0.260 e. The average molecular weight is 181 g/mol. The lowest BCUT2D eigenvalue weighted by atomic mass is 10.1. The number of nitrogens with one attached hydrogen (secondary N) is 1. The highest BCUT2D eigenvalue weighted by atomic mass is 19.1. The predicted octanol–water partition coefficient (Wildman–Crippen LogP) is 1.21. The third-order valence-electron chi connectivity index (χ3n) is 1.98. The molecule has 1 heterocycles. The van der Waals surface area contributed by atoms with E-state index in [1.54, 1.807) is 13.0 Å². The molecule has 1 amide bonds. The molecule has 4 heteroatoms. The Morgan fingerprint density at radius 1 is 1.54 bits per heavy atom. The molecule has 68 valence electrons. The molecule has 13 heavy (non-hydrogen) atoms. The summed E-state index contributed by atoms with van der Waals surface area (Å²) in [7, 11) is 0. The molecule has 0 unspecified atom stereocenters. The van der Waals surface area contributed by atoms with Crippen molar-refractivity contribution in [1.29, 1.82) is 0 Å². The van der Waals surface area contributed by atoms with Crippen molar-refractivity contribution < 1.29 is 13.9 Å². The number of ether oxygens (including phenoxy) is 1. The molecule has 2 rings (SSSR count). The van der Waals surface area contributed by atoms with E-state index in [1.165, 1.54) is 6.07 Å². The maximum Gasteiger partial charge on any atom is 0.260 e. The monoisotopic (exact) mass is 181 g/mol. The van der Waals surface area contributed by atoms with Crippen molar-refractivity contribution in [2.45, 2.75) is 6.92 Å². The highest BCUT2D eigenvalue weighted by Crippen LogP contribution is 2.27. The zero-order valence-corrected chi connectivity index (χ0v) is 7.06. The van der Waals surface area contributed by atoms with Gasteiger partial charge in [0.25, 0.3) is 5.91 Å². The summed E-state index contributed by atoms with van der Waals surface area (Å²) in [5.74, 6) is -0.607. The van der Waals surface area contributed by atoms with Crippen molar-refractivity contribution in [1.82, 2.24) is 5.32 Å². The van der Waals surface area contributed by atoms with Gasteiger partial charge < -0.3 is 10.1 Å². The van der Waals surface area contributed by atoms with Gasteiger partial charge in [0.2, 0.25) is 0 Å². The number of aryl methyl sites for hydroxylation is 1. The predicted molar refractivity (Wildman–Crippen MR) is 44.1 cm³/mol. The summed E-state index contributed by atoms with van der Waals surface area (Å²) in [5, 5.41) is 2.41. The second kappa shape index (κ2) is 2.73. The Labute approximate surface area is 74.5 Å². The molecular weight excluding hydrogens is 173 g/mol. The van der Waals surface area contributed by atoms with E-state index >= 15 is 0 Å². The molecule has 0 aliphatic carbocycles. The molecule has 0 radical (unpaired) electrons. The van der Waals surface area contributed by atoms with Gasteiger partial charge in [-0.15, -0.1) is 0 Å². The Balaban J connectivity index is 2.67. The number of amides is 1. The normalized spacial score (nSPS) is 14.5. The zero-order chi connectivity index (χ0) is 9.42. The number of rotatable bonds is 0. The van der Waals surface area contributed by atoms with Gasteiger partial charge in [0.05, 0.1) is 0 Å². The van der Waals surface area contributed by atoms with Crippen LogP contribution in [0.5, 0.6) is 5.75 Å². The summed E-state index contributed by atoms with van der Waals surface area (Å²) >= 11 is 0. The third-order valence-corrected chi connectivity index (χ3v) is 1.98. The number of benzene rings is 1. The summed E-state index contributed by atoms with van der Waals surface area (Å²) in [6.45, 7) is 1.88. The van der Waals surface area contributed by atoms with Gasteiger partial charge in [0.15, 0.2) is 6.73 Å². The number of fused-ring (bicyclic) bond motifs is 1. The van der Waals surface area contributed by atoms with E-state index in [2.05, 4.69) is 5.32 Å². The number of hydrogen-bond acceptors (Lipinski definition) is 2. The van der Waals surface area contributed by atoms with Crippen LogP contribution < -0.4 is 10.1 Å². The third kappa shape index (κ3) is 1.14. The highest BCUT2D eigenvalue weighted by Gasteiger charge is 2.23. The van der Waals surface area contributed by atoms with Crippen LogP contribution in [0, 0.1) is 12.7 Å². The van der Waals surface area contributed by atoms with E-state index in [4.69, 9.17) is 4.74 Å². The van der Waals surface area contributed by atoms with Crippen LogP contribution in [0.1, 0.15) is 15.9 Å². The maximum absolute atomic E-state index is 13.2. The second-order valence-corrected chi connectivity index (χ2v) is 2.86. The first kappa shape index (κ1) is 8.04. The molecule has 0 saturated carbocycles. The van der Waals surface area contributed by atoms with Crippen LogP contribution in [-0.2, 0) is 0 Å². The van der Waals surface area contributed by atoms with Crippen molar-refractivity contribution in [3.8, 4) is 5.75 Å². The van der Waals surface area contributed by atoms with Gasteiger partial charge in [-0.2, -0.15) is 0 Å². The van der Waals surface area contributed by atoms with E-state index in [-0.39, 0.29) is 12.3 Å². The summed E-state index contributed by atoms with van der Waals surface area (Å²) in [4.78, 5) is 11.2. The first-order chi connectivity index (χ1) is 6.20. The van der Waals surface area contributed by atoms with Crippen LogP contribution >= 0.6 is 0 Å². The second-order valence-electron chi connectivity index (χ2n) is 2.86. The van der Waals surface area contributed by atoms with Crippen molar-refractivity contribution >= 4 is 5.91 Å². The minimum Gasteiger partial charge on any atom is -0.472 e. The molecule has 0 atom stereocenters. The van der Waals surface area contributed by atoms with Gasteiger partial charge in [0.1, 0.15) is 17.1 Å². The van der Waals surface area contributed by atoms with E-state index in [0.717, 1.165) is 5.56 Å². The first-order valence-corrected chi connectivity index (χ1v) is 3.90. The van der Waals surface area contributed by atoms with Crippen LogP contribution in [0.3, 0.4) is 0 Å². The van der Waals surface area contributed by atoms with Crippen molar-refractivity contribution in [3.63, 3.8) is 0 Å². The zero-order valence-electron chi connectivity index (χ0n) is 7.06. The van der Waals surface area contributed by atoms with Crippen LogP contribution in [-0.4, -0.2) is 12.6 Å². The molecule has 1 aliphatic heterocycles. The molecule has 0 fully saturated rings. The fourth-order valence-corrected chi connectivity index (χ4v) is 1.32. The Kier molecular flexibility index (Phi) is 1.69. The van der Waals surface area contributed by atoms with Gasteiger partial charge in [-0.05, 0) is 18.6 Å². The largest absolute Gasteiger partial charge is 0.472 e. The number of carbonyl (C=O) groups is 1. The minimum absolute atomic E-state index is 0.00579. The minimum atomic E-state index is -0.544. The molecule has 0 saturated heterocycles. The van der Waals surface area contributed by atoms with E-state index < -0.39 is 11.7 Å². The summed E-state index contributed by atoms with van der Waals surface area (Å²) in [6.07, 6.45) is 0. The van der Waals surface area contributed by atoms with Crippen molar-refractivity contribution in [3.05, 3.63) is 29.1 Å². The Bertz CT molecular complexity index is 376. The molecule has 3 nitrogen and oxygen atoms in total. The number of halogens is 1. The fourth-order valence-electron chi connectivity index (χ4n) is 1.32. The average Bonchev–Trinajstić information content (AvgIpc) is 2.12. The standard InChI is InChI=1S/C9H8FNO2/c1-5-2-3-6(10)7-8(5)13-4-11-9(7)12/h2-3H,4H2,1H3,(H,11,12). The number of hydrogen-bond donors (Lipinski definition) is 1.